The predicted octanol–water partition coefficient (Wildman–Crippen LogP) is 1.21. The molecule has 2 heteroatoms. The molecule has 1 aromatic rings. The van der Waals surface area contributed by atoms with Crippen LogP contribution in [-0.4, -0.2) is 11.7 Å². The molecule has 1 aliphatic heterocycles. The van der Waals surface area contributed by atoms with Gasteiger partial charge in [-0.15, -0.1) is 0 Å². The first-order valence-corrected chi connectivity index (χ1v) is 4.34. The molecule has 0 spiro atoms. The van der Waals surface area contributed by atoms with E-state index in [9.17, 15) is 0 Å². The normalized spacial score (nSPS) is 21.9. The van der Waals surface area contributed by atoms with Crippen molar-refractivity contribution in [2.75, 3.05) is 6.54 Å². The SMILES string of the molecule is OCc1ccccc1C1CCN1. The molecule has 0 bridgehead atoms. The summed E-state index contributed by atoms with van der Waals surface area (Å²) in [5.74, 6) is 0. The summed E-state index contributed by atoms with van der Waals surface area (Å²) in [4.78, 5) is 0. The molecule has 1 fully saturated rings. The largest absolute Gasteiger partial charge is 0.392 e. The molecule has 0 aromatic heterocycles. The van der Waals surface area contributed by atoms with Crippen molar-refractivity contribution >= 4 is 0 Å². The van der Waals surface area contributed by atoms with Crippen LogP contribution in [0.15, 0.2) is 24.3 Å². The van der Waals surface area contributed by atoms with Crippen molar-refractivity contribution in [2.24, 2.45) is 0 Å². The number of aliphatic hydroxyl groups is 1. The zero-order chi connectivity index (χ0) is 8.39. The fraction of sp³-hybridized carbons (Fsp3) is 0.400. The van der Waals surface area contributed by atoms with E-state index < -0.39 is 0 Å². The summed E-state index contributed by atoms with van der Waals surface area (Å²) >= 11 is 0. The number of rotatable bonds is 2. The van der Waals surface area contributed by atoms with Crippen LogP contribution in [-0.2, 0) is 6.61 Å². The molecule has 0 aliphatic carbocycles. The first kappa shape index (κ1) is 7.77. The van der Waals surface area contributed by atoms with Gasteiger partial charge in [-0.25, -0.2) is 0 Å². The van der Waals surface area contributed by atoms with Crippen molar-refractivity contribution in [2.45, 2.75) is 19.1 Å². The Labute approximate surface area is 72.2 Å². The highest BCUT2D eigenvalue weighted by atomic mass is 16.3. The lowest BCUT2D eigenvalue weighted by atomic mass is 9.94. The Morgan fingerprint density at radius 2 is 2.17 bits per heavy atom. The quantitative estimate of drug-likeness (QED) is 0.687. The molecule has 1 saturated heterocycles. The zero-order valence-electron chi connectivity index (χ0n) is 6.96. The maximum atomic E-state index is 9.06. The van der Waals surface area contributed by atoms with Gasteiger partial charge in [0.25, 0.3) is 0 Å². The van der Waals surface area contributed by atoms with Gasteiger partial charge < -0.3 is 10.4 Å². The number of hydrogen-bond acceptors (Lipinski definition) is 2. The van der Waals surface area contributed by atoms with Gasteiger partial charge in [0.05, 0.1) is 6.61 Å². The van der Waals surface area contributed by atoms with Crippen LogP contribution in [0.5, 0.6) is 0 Å². The van der Waals surface area contributed by atoms with Gasteiger partial charge in [0, 0.05) is 6.04 Å². The van der Waals surface area contributed by atoms with E-state index in [1.807, 2.05) is 18.2 Å². The third-order valence-electron chi connectivity index (χ3n) is 2.42. The Balaban J connectivity index is 2.27. The summed E-state index contributed by atoms with van der Waals surface area (Å²) in [6, 6.07) is 8.54. The fourth-order valence-corrected chi connectivity index (χ4v) is 1.57. The first-order valence-electron chi connectivity index (χ1n) is 4.34. The van der Waals surface area contributed by atoms with Gasteiger partial charge in [0.1, 0.15) is 0 Å². The Bertz CT molecular complexity index is 268. The van der Waals surface area contributed by atoms with Crippen LogP contribution in [0, 0.1) is 0 Å². The highest BCUT2D eigenvalue weighted by Crippen LogP contribution is 2.25. The minimum Gasteiger partial charge on any atom is -0.392 e. The van der Waals surface area contributed by atoms with Crippen molar-refractivity contribution in [3.8, 4) is 0 Å². The summed E-state index contributed by atoms with van der Waals surface area (Å²) in [5, 5.41) is 12.4. The topological polar surface area (TPSA) is 32.3 Å². The van der Waals surface area contributed by atoms with E-state index in [1.165, 1.54) is 12.0 Å². The Morgan fingerprint density at radius 3 is 2.75 bits per heavy atom. The molecule has 2 rings (SSSR count). The lowest BCUT2D eigenvalue weighted by molar-refractivity contribution is 0.276. The fourth-order valence-electron chi connectivity index (χ4n) is 1.57. The highest BCUT2D eigenvalue weighted by molar-refractivity contribution is 5.30. The number of nitrogens with one attached hydrogen (secondary N) is 1. The highest BCUT2D eigenvalue weighted by Gasteiger charge is 2.20. The van der Waals surface area contributed by atoms with E-state index in [0.717, 1.165) is 12.1 Å². The van der Waals surface area contributed by atoms with Crippen LogP contribution in [0.25, 0.3) is 0 Å². The standard InChI is InChI=1S/C10H13NO/c12-7-8-3-1-2-4-9(8)10-5-6-11-10/h1-4,10-12H,5-7H2. The van der Waals surface area contributed by atoms with E-state index in [0.29, 0.717) is 6.04 Å². The minimum atomic E-state index is 0.147. The van der Waals surface area contributed by atoms with Gasteiger partial charge in [-0.05, 0) is 24.1 Å². The lowest BCUT2D eigenvalue weighted by Crippen LogP contribution is -2.35. The summed E-state index contributed by atoms with van der Waals surface area (Å²) < 4.78 is 0. The molecule has 2 nitrogen and oxygen atoms in total. The van der Waals surface area contributed by atoms with E-state index in [1.54, 1.807) is 0 Å². The molecule has 1 unspecified atom stereocenters. The minimum absolute atomic E-state index is 0.147. The van der Waals surface area contributed by atoms with Gasteiger partial charge in [-0.2, -0.15) is 0 Å². The van der Waals surface area contributed by atoms with E-state index in [-0.39, 0.29) is 6.61 Å². The van der Waals surface area contributed by atoms with Gasteiger partial charge in [0.15, 0.2) is 0 Å². The average molecular weight is 163 g/mol. The maximum absolute atomic E-state index is 9.06. The number of benzene rings is 1. The summed E-state index contributed by atoms with van der Waals surface area (Å²) in [6.07, 6.45) is 1.19. The molecule has 1 atom stereocenters. The second-order valence-corrected chi connectivity index (χ2v) is 3.15. The monoisotopic (exact) mass is 163 g/mol. The summed E-state index contributed by atoms with van der Waals surface area (Å²) in [6.45, 7) is 1.25. The Morgan fingerprint density at radius 1 is 1.42 bits per heavy atom. The van der Waals surface area contributed by atoms with E-state index in [2.05, 4.69) is 11.4 Å². The van der Waals surface area contributed by atoms with Crippen molar-refractivity contribution < 1.29 is 5.11 Å². The van der Waals surface area contributed by atoms with Crippen LogP contribution in [0.2, 0.25) is 0 Å². The molecule has 1 aliphatic rings. The Kier molecular flexibility index (Phi) is 2.11. The molecule has 2 N–H and O–H groups in total. The van der Waals surface area contributed by atoms with Gasteiger partial charge in [0.2, 0.25) is 0 Å². The molecule has 1 heterocycles. The van der Waals surface area contributed by atoms with Crippen molar-refractivity contribution in [3.05, 3.63) is 35.4 Å². The third-order valence-corrected chi connectivity index (χ3v) is 2.42. The second kappa shape index (κ2) is 3.25. The molecular formula is C10H13NO. The number of aliphatic hydroxyl groups excluding tert-OH is 1. The number of hydrogen-bond donors (Lipinski definition) is 2. The molecule has 1 aromatic carbocycles. The van der Waals surface area contributed by atoms with Crippen molar-refractivity contribution in [1.29, 1.82) is 0 Å². The van der Waals surface area contributed by atoms with Crippen LogP contribution in [0.3, 0.4) is 0 Å². The van der Waals surface area contributed by atoms with E-state index in [4.69, 9.17) is 5.11 Å². The van der Waals surface area contributed by atoms with Gasteiger partial charge in [-0.3, -0.25) is 0 Å². The van der Waals surface area contributed by atoms with Gasteiger partial charge in [-0.1, -0.05) is 24.3 Å². The smallest absolute Gasteiger partial charge is 0.0685 e. The predicted molar refractivity (Wildman–Crippen MR) is 47.7 cm³/mol. The van der Waals surface area contributed by atoms with Crippen molar-refractivity contribution in [3.63, 3.8) is 0 Å². The van der Waals surface area contributed by atoms with Crippen LogP contribution >= 0.6 is 0 Å². The molecule has 0 radical (unpaired) electrons. The lowest BCUT2D eigenvalue weighted by Gasteiger charge is -2.29. The molecule has 0 amide bonds. The molecule has 64 valence electrons. The second-order valence-electron chi connectivity index (χ2n) is 3.15. The third kappa shape index (κ3) is 1.24. The Hall–Kier alpha value is -0.860. The van der Waals surface area contributed by atoms with Crippen molar-refractivity contribution in [1.82, 2.24) is 5.32 Å². The van der Waals surface area contributed by atoms with Crippen LogP contribution in [0.1, 0.15) is 23.6 Å². The van der Waals surface area contributed by atoms with Crippen LogP contribution < -0.4 is 5.32 Å². The zero-order valence-corrected chi connectivity index (χ0v) is 6.96. The average Bonchev–Trinajstić information content (AvgIpc) is 2.02. The first-order chi connectivity index (χ1) is 5.92. The summed E-state index contributed by atoms with van der Waals surface area (Å²) in [7, 11) is 0. The summed E-state index contributed by atoms with van der Waals surface area (Å²) in [5.41, 5.74) is 2.31. The molecular weight excluding hydrogens is 150 g/mol. The van der Waals surface area contributed by atoms with Gasteiger partial charge >= 0.3 is 0 Å². The molecule has 0 saturated carbocycles. The maximum Gasteiger partial charge on any atom is 0.0685 e. The van der Waals surface area contributed by atoms with E-state index >= 15 is 0 Å². The molecule has 12 heavy (non-hydrogen) atoms. The van der Waals surface area contributed by atoms with Crippen LogP contribution in [0.4, 0.5) is 0 Å².